The summed E-state index contributed by atoms with van der Waals surface area (Å²) in [4.78, 5) is 27.2. The highest BCUT2D eigenvalue weighted by molar-refractivity contribution is 6.05. The first-order valence-corrected chi connectivity index (χ1v) is 8.63. The second kappa shape index (κ2) is 7.97. The fourth-order valence-electron chi connectivity index (χ4n) is 2.79. The highest BCUT2D eigenvalue weighted by atomic mass is 16.5. The molecular weight excluding hydrogens is 328 g/mol. The van der Waals surface area contributed by atoms with Crippen LogP contribution in [0.25, 0.3) is 10.9 Å². The first kappa shape index (κ1) is 17.9. The molecule has 0 aliphatic heterocycles. The SMILES string of the molecule is CC(C)OCc1ccccc1CNC(=O)c1cc(=O)[nH]c2ccccc12. The number of rotatable bonds is 6. The van der Waals surface area contributed by atoms with Gasteiger partial charge in [0.25, 0.3) is 5.91 Å². The maximum absolute atomic E-state index is 12.7. The molecule has 0 saturated heterocycles. The highest BCUT2D eigenvalue weighted by Crippen LogP contribution is 2.15. The lowest BCUT2D eigenvalue weighted by atomic mass is 10.1. The van der Waals surface area contributed by atoms with Crippen LogP contribution in [0.5, 0.6) is 0 Å². The third kappa shape index (κ3) is 4.18. The predicted octanol–water partition coefficient (Wildman–Crippen LogP) is 3.38. The topological polar surface area (TPSA) is 71.2 Å². The normalized spacial score (nSPS) is 11.0. The van der Waals surface area contributed by atoms with Gasteiger partial charge < -0.3 is 15.0 Å². The number of benzene rings is 2. The molecule has 0 aliphatic rings. The molecular formula is C21H22N2O3. The van der Waals surface area contributed by atoms with Crippen molar-refractivity contribution in [2.24, 2.45) is 0 Å². The molecule has 5 nitrogen and oxygen atoms in total. The molecule has 3 rings (SSSR count). The van der Waals surface area contributed by atoms with E-state index in [-0.39, 0.29) is 17.6 Å². The number of carbonyl (C=O) groups excluding carboxylic acids is 1. The molecule has 0 fully saturated rings. The Hall–Kier alpha value is -2.92. The Morgan fingerprint density at radius 1 is 1.08 bits per heavy atom. The van der Waals surface area contributed by atoms with Gasteiger partial charge in [0.15, 0.2) is 0 Å². The van der Waals surface area contributed by atoms with Crippen LogP contribution in [0.2, 0.25) is 0 Å². The summed E-state index contributed by atoms with van der Waals surface area (Å²) in [6.07, 6.45) is 0.139. The van der Waals surface area contributed by atoms with E-state index in [1.165, 1.54) is 6.07 Å². The Labute approximate surface area is 152 Å². The summed E-state index contributed by atoms with van der Waals surface area (Å²) < 4.78 is 5.68. The minimum absolute atomic E-state index is 0.139. The molecule has 5 heteroatoms. The number of ether oxygens (including phenoxy) is 1. The maximum atomic E-state index is 12.7. The van der Waals surface area contributed by atoms with E-state index in [0.29, 0.717) is 24.2 Å². The molecule has 1 aromatic heterocycles. The van der Waals surface area contributed by atoms with E-state index in [9.17, 15) is 9.59 Å². The Morgan fingerprint density at radius 2 is 1.77 bits per heavy atom. The second-order valence-corrected chi connectivity index (χ2v) is 6.40. The Bertz CT molecular complexity index is 976. The van der Waals surface area contributed by atoms with Crippen molar-refractivity contribution in [3.8, 4) is 0 Å². The zero-order valence-corrected chi connectivity index (χ0v) is 14.9. The zero-order valence-electron chi connectivity index (χ0n) is 14.9. The zero-order chi connectivity index (χ0) is 18.5. The van der Waals surface area contributed by atoms with Gasteiger partial charge in [-0.25, -0.2) is 0 Å². The van der Waals surface area contributed by atoms with Gasteiger partial charge in [0.05, 0.1) is 18.3 Å². The van der Waals surface area contributed by atoms with Crippen molar-refractivity contribution in [1.29, 1.82) is 0 Å². The number of nitrogens with one attached hydrogen (secondary N) is 2. The number of aromatic nitrogens is 1. The number of para-hydroxylation sites is 1. The summed E-state index contributed by atoms with van der Waals surface area (Å²) in [5, 5.41) is 3.64. The van der Waals surface area contributed by atoms with Crippen molar-refractivity contribution >= 4 is 16.8 Å². The molecule has 2 aromatic carbocycles. The average molecular weight is 350 g/mol. The first-order valence-electron chi connectivity index (χ1n) is 8.63. The lowest BCUT2D eigenvalue weighted by Gasteiger charge is -2.13. The van der Waals surface area contributed by atoms with Crippen molar-refractivity contribution < 1.29 is 9.53 Å². The number of H-pyrrole nitrogens is 1. The van der Waals surface area contributed by atoms with Crippen LogP contribution in [0.4, 0.5) is 0 Å². The smallest absolute Gasteiger partial charge is 0.252 e. The molecule has 1 heterocycles. The van der Waals surface area contributed by atoms with Crippen LogP contribution in [-0.4, -0.2) is 17.0 Å². The van der Waals surface area contributed by atoms with Gasteiger partial charge in [0, 0.05) is 23.5 Å². The van der Waals surface area contributed by atoms with Gasteiger partial charge in [-0.3, -0.25) is 9.59 Å². The minimum Gasteiger partial charge on any atom is -0.374 e. The number of carbonyl (C=O) groups is 1. The fourth-order valence-corrected chi connectivity index (χ4v) is 2.79. The third-order valence-corrected chi connectivity index (χ3v) is 4.13. The molecule has 2 N–H and O–H groups in total. The van der Waals surface area contributed by atoms with Crippen LogP contribution >= 0.6 is 0 Å². The average Bonchev–Trinajstić information content (AvgIpc) is 2.64. The van der Waals surface area contributed by atoms with Crippen molar-refractivity contribution in [3.05, 3.63) is 81.6 Å². The number of hydrogen-bond acceptors (Lipinski definition) is 3. The van der Waals surface area contributed by atoms with E-state index in [1.807, 2.05) is 56.3 Å². The Balaban J connectivity index is 1.79. The number of aromatic amines is 1. The minimum atomic E-state index is -0.292. The summed E-state index contributed by atoms with van der Waals surface area (Å²) in [5.74, 6) is -0.271. The predicted molar refractivity (Wildman–Crippen MR) is 102 cm³/mol. The number of amides is 1. The van der Waals surface area contributed by atoms with E-state index in [1.54, 1.807) is 6.07 Å². The second-order valence-electron chi connectivity index (χ2n) is 6.40. The van der Waals surface area contributed by atoms with Crippen LogP contribution in [0, 0.1) is 0 Å². The van der Waals surface area contributed by atoms with E-state index in [4.69, 9.17) is 4.74 Å². The first-order chi connectivity index (χ1) is 12.5. The molecule has 0 radical (unpaired) electrons. The van der Waals surface area contributed by atoms with Crippen molar-refractivity contribution in [1.82, 2.24) is 10.3 Å². The highest BCUT2D eigenvalue weighted by Gasteiger charge is 2.12. The van der Waals surface area contributed by atoms with Crippen molar-refractivity contribution in [2.75, 3.05) is 0 Å². The van der Waals surface area contributed by atoms with Crippen molar-refractivity contribution in [2.45, 2.75) is 33.1 Å². The fraction of sp³-hybridized carbons (Fsp3) is 0.238. The summed E-state index contributed by atoms with van der Waals surface area (Å²) in [6.45, 7) is 4.85. The number of fused-ring (bicyclic) bond motifs is 1. The lowest BCUT2D eigenvalue weighted by Crippen LogP contribution is -2.25. The van der Waals surface area contributed by atoms with Crippen LogP contribution in [-0.2, 0) is 17.9 Å². The molecule has 0 bridgehead atoms. The van der Waals surface area contributed by atoms with Gasteiger partial charge in [-0.1, -0.05) is 42.5 Å². The summed E-state index contributed by atoms with van der Waals surface area (Å²) in [5.41, 5.74) is 2.77. The standard InChI is InChI=1S/C21H22N2O3/c1-14(2)26-13-16-8-4-3-7-15(16)12-22-21(25)18-11-20(24)23-19-10-6-5-9-17(18)19/h3-11,14H,12-13H2,1-2H3,(H,22,25)(H,23,24). The quantitative estimate of drug-likeness (QED) is 0.716. The van der Waals surface area contributed by atoms with Gasteiger partial charge in [-0.05, 0) is 31.0 Å². The van der Waals surface area contributed by atoms with Crippen LogP contribution in [0.15, 0.2) is 59.4 Å². The number of pyridine rings is 1. The summed E-state index contributed by atoms with van der Waals surface area (Å²) in [6, 6.07) is 16.5. The summed E-state index contributed by atoms with van der Waals surface area (Å²) in [7, 11) is 0. The Morgan fingerprint density at radius 3 is 2.54 bits per heavy atom. The van der Waals surface area contributed by atoms with Crippen LogP contribution in [0.1, 0.15) is 35.3 Å². The van der Waals surface area contributed by atoms with Crippen molar-refractivity contribution in [3.63, 3.8) is 0 Å². The molecule has 0 aliphatic carbocycles. The lowest BCUT2D eigenvalue weighted by molar-refractivity contribution is 0.0651. The molecule has 0 spiro atoms. The molecule has 26 heavy (non-hydrogen) atoms. The van der Waals surface area contributed by atoms with Gasteiger partial charge >= 0.3 is 0 Å². The van der Waals surface area contributed by atoms with Crippen LogP contribution < -0.4 is 10.9 Å². The van der Waals surface area contributed by atoms with Gasteiger partial charge in [0.2, 0.25) is 5.56 Å². The molecule has 3 aromatic rings. The molecule has 1 amide bonds. The largest absolute Gasteiger partial charge is 0.374 e. The molecule has 0 atom stereocenters. The van der Waals surface area contributed by atoms with Crippen LogP contribution in [0.3, 0.4) is 0 Å². The molecule has 0 unspecified atom stereocenters. The van der Waals surface area contributed by atoms with E-state index in [0.717, 1.165) is 16.5 Å². The van der Waals surface area contributed by atoms with Gasteiger partial charge in [0.1, 0.15) is 0 Å². The maximum Gasteiger partial charge on any atom is 0.252 e. The molecule has 134 valence electrons. The summed E-state index contributed by atoms with van der Waals surface area (Å²) >= 11 is 0. The van der Waals surface area contributed by atoms with Gasteiger partial charge in [-0.15, -0.1) is 0 Å². The van der Waals surface area contributed by atoms with E-state index < -0.39 is 0 Å². The number of hydrogen-bond donors (Lipinski definition) is 2. The third-order valence-electron chi connectivity index (χ3n) is 4.13. The monoisotopic (exact) mass is 350 g/mol. The van der Waals surface area contributed by atoms with E-state index in [2.05, 4.69) is 10.3 Å². The van der Waals surface area contributed by atoms with E-state index >= 15 is 0 Å². The molecule has 0 saturated carbocycles. The van der Waals surface area contributed by atoms with Gasteiger partial charge in [-0.2, -0.15) is 0 Å². The Kier molecular flexibility index (Phi) is 5.49.